The Hall–Kier alpha value is -1.36. The van der Waals surface area contributed by atoms with Gasteiger partial charge in [-0.3, -0.25) is 4.57 Å². The average molecular weight is 247 g/mol. The van der Waals surface area contributed by atoms with Crippen LogP contribution in [0.25, 0.3) is 0 Å². The Morgan fingerprint density at radius 2 is 1.88 bits per heavy atom. The molecule has 7 heteroatoms. The molecular weight excluding hydrogens is 233 g/mol. The molecule has 0 heterocycles. The van der Waals surface area contributed by atoms with Crippen LogP contribution in [-0.4, -0.2) is 22.9 Å². The summed E-state index contributed by atoms with van der Waals surface area (Å²) in [5.74, 6) is 0. The van der Waals surface area contributed by atoms with Crippen molar-refractivity contribution < 1.29 is 23.9 Å². The van der Waals surface area contributed by atoms with Crippen molar-refractivity contribution in [1.29, 1.82) is 0 Å². The van der Waals surface area contributed by atoms with Crippen molar-refractivity contribution in [3.05, 3.63) is 35.9 Å². The molecule has 90 valence electrons. The smallest absolute Gasteiger partial charge is 0.407 e. The van der Waals surface area contributed by atoms with E-state index in [2.05, 4.69) is 5.32 Å². The van der Waals surface area contributed by atoms with Gasteiger partial charge in [0.1, 0.15) is 6.61 Å². The molecule has 3 N–H and O–H groups in total. The first-order valence-corrected chi connectivity index (χ1v) is 5.67. The number of nitrogens with one attached hydrogen (secondary N) is 1. The van der Waals surface area contributed by atoms with E-state index in [4.69, 9.17) is 19.1 Å². The maximum absolute atomic E-state index is 10.7. The van der Waals surface area contributed by atoms with E-state index in [0.29, 0.717) is 6.61 Å². The standard InChI is InChI=1S/C9H11NO2.H3O3P/c1-10-9(11)12-7-8-5-3-2-4-6-8;1-4(2)3/h2-6H,7H2,1H3,(H,10,11);4H,(H2,1,2,3). The molecule has 0 aliphatic heterocycles. The van der Waals surface area contributed by atoms with E-state index in [-0.39, 0.29) is 0 Å². The second-order valence-corrected chi connectivity index (χ2v) is 3.16. The number of alkyl carbamates (subject to hydrolysis) is 1. The molecular formula is C9H14NO5P. The van der Waals surface area contributed by atoms with Gasteiger partial charge >= 0.3 is 14.3 Å². The largest absolute Gasteiger partial charge is 0.445 e. The lowest BCUT2D eigenvalue weighted by Gasteiger charge is -2.02. The molecule has 16 heavy (non-hydrogen) atoms. The molecule has 0 unspecified atom stereocenters. The quantitative estimate of drug-likeness (QED) is 0.675. The molecule has 0 spiro atoms. The molecule has 0 atom stereocenters. The minimum Gasteiger partial charge on any atom is -0.445 e. The Morgan fingerprint density at radius 3 is 2.31 bits per heavy atom. The lowest BCUT2D eigenvalue weighted by atomic mass is 10.2. The summed E-state index contributed by atoms with van der Waals surface area (Å²) < 4.78 is 13.6. The predicted molar refractivity (Wildman–Crippen MR) is 59.1 cm³/mol. The number of hydrogen-bond donors (Lipinski definition) is 3. The van der Waals surface area contributed by atoms with Crippen molar-refractivity contribution >= 4 is 14.3 Å². The molecule has 0 saturated carbocycles. The summed E-state index contributed by atoms with van der Waals surface area (Å²) in [6.45, 7) is 0.320. The van der Waals surface area contributed by atoms with Crippen LogP contribution in [0, 0.1) is 0 Å². The molecule has 0 saturated heterocycles. The summed E-state index contributed by atoms with van der Waals surface area (Å²) >= 11 is 0. The first kappa shape index (κ1) is 14.6. The van der Waals surface area contributed by atoms with Crippen LogP contribution < -0.4 is 5.32 Å². The fraction of sp³-hybridized carbons (Fsp3) is 0.222. The summed E-state index contributed by atoms with van der Waals surface area (Å²) in [5.41, 5.74) is 0.987. The summed E-state index contributed by atoms with van der Waals surface area (Å²) in [6, 6.07) is 9.54. The Labute approximate surface area is 93.8 Å². The number of hydrogen-bond acceptors (Lipinski definition) is 3. The highest BCUT2D eigenvalue weighted by atomic mass is 31.1. The minimum absolute atomic E-state index is 0.320. The Kier molecular flexibility index (Phi) is 8.15. The SMILES string of the molecule is CNC(=O)OCc1ccccc1.O=[PH](O)O. The maximum atomic E-state index is 10.7. The molecule has 0 aliphatic rings. The molecule has 0 radical (unpaired) electrons. The number of benzene rings is 1. The van der Waals surface area contributed by atoms with E-state index in [1.165, 1.54) is 7.05 Å². The minimum atomic E-state index is -3.13. The number of amides is 1. The fourth-order valence-corrected chi connectivity index (χ4v) is 0.795. The van der Waals surface area contributed by atoms with Gasteiger partial charge in [-0.25, -0.2) is 4.79 Å². The van der Waals surface area contributed by atoms with Crippen LogP contribution in [0.3, 0.4) is 0 Å². The first-order chi connectivity index (χ1) is 7.56. The van der Waals surface area contributed by atoms with Gasteiger partial charge in [-0.1, -0.05) is 30.3 Å². The van der Waals surface area contributed by atoms with E-state index in [1.54, 1.807) is 0 Å². The van der Waals surface area contributed by atoms with Gasteiger partial charge in [0.05, 0.1) is 0 Å². The van der Waals surface area contributed by atoms with Gasteiger partial charge in [0.25, 0.3) is 0 Å². The molecule has 0 bridgehead atoms. The number of rotatable bonds is 2. The van der Waals surface area contributed by atoms with Crippen LogP contribution in [0.1, 0.15) is 5.56 Å². The summed E-state index contributed by atoms with van der Waals surface area (Å²) in [4.78, 5) is 25.0. The lowest BCUT2D eigenvalue weighted by Crippen LogP contribution is -2.18. The summed E-state index contributed by atoms with van der Waals surface area (Å²) in [5, 5.41) is 2.37. The van der Waals surface area contributed by atoms with Crippen LogP contribution in [0.2, 0.25) is 0 Å². The molecule has 0 aliphatic carbocycles. The monoisotopic (exact) mass is 247 g/mol. The fourth-order valence-electron chi connectivity index (χ4n) is 0.795. The van der Waals surface area contributed by atoms with Crippen molar-refractivity contribution in [3.8, 4) is 0 Å². The van der Waals surface area contributed by atoms with Gasteiger partial charge in [0, 0.05) is 7.05 Å². The second kappa shape index (κ2) is 8.91. The third kappa shape index (κ3) is 9.21. The second-order valence-electron chi connectivity index (χ2n) is 2.59. The van der Waals surface area contributed by atoms with E-state index in [9.17, 15) is 4.79 Å². The Morgan fingerprint density at radius 1 is 1.38 bits per heavy atom. The van der Waals surface area contributed by atoms with Crippen LogP contribution in [0.4, 0.5) is 4.79 Å². The van der Waals surface area contributed by atoms with Crippen molar-refractivity contribution in [2.24, 2.45) is 0 Å². The Balaban J connectivity index is 0.000000487. The predicted octanol–water partition coefficient (Wildman–Crippen LogP) is 0.903. The number of ether oxygens (including phenoxy) is 1. The molecule has 0 aromatic heterocycles. The van der Waals surface area contributed by atoms with E-state index >= 15 is 0 Å². The van der Waals surface area contributed by atoms with Crippen LogP contribution in [0.5, 0.6) is 0 Å². The van der Waals surface area contributed by atoms with Gasteiger partial charge in [-0.15, -0.1) is 0 Å². The molecule has 6 nitrogen and oxygen atoms in total. The highest BCUT2D eigenvalue weighted by Crippen LogP contribution is 2.00. The number of carbonyl (C=O) groups is 1. The zero-order valence-corrected chi connectivity index (χ0v) is 9.71. The molecule has 0 fully saturated rings. The zero-order valence-electron chi connectivity index (χ0n) is 8.71. The van der Waals surface area contributed by atoms with Gasteiger partial charge in [-0.05, 0) is 5.56 Å². The van der Waals surface area contributed by atoms with Crippen molar-refractivity contribution in [2.75, 3.05) is 7.05 Å². The van der Waals surface area contributed by atoms with E-state index < -0.39 is 14.3 Å². The average Bonchev–Trinajstić information content (AvgIpc) is 2.26. The van der Waals surface area contributed by atoms with Gasteiger partial charge in [0.15, 0.2) is 0 Å². The molecule has 1 aromatic rings. The van der Waals surface area contributed by atoms with E-state index in [0.717, 1.165) is 5.56 Å². The summed E-state index contributed by atoms with van der Waals surface area (Å²) in [6.07, 6.45) is -0.404. The van der Waals surface area contributed by atoms with Crippen LogP contribution in [-0.2, 0) is 15.9 Å². The highest BCUT2D eigenvalue weighted by Gasteiger charge is 1.96. The maximum Gasteiger partial charge on any atom is 0.407 e. The zero-order chi connectivity index (χ0) is 12.4. The molecule has 1 aromatic carbocycles. The Bertz CT molecular complexity index is 326. The van der Waals surface area contributed by atoms with Crippen molar-refractivity contribution in [3.63, 3.8) is 0 Å². The van der Waals surface area contributed by atoms with Crippen molar-refractivity contribution in [1.82, 2.24) is 5.32 Å². The third-order valence-corrected chi connectivity index (χ3v) is 1.42. The van der Waals surface area contributed by atoms with Gasteiger partial charge in [0.2, 0.25) is 0 Å². The number of carbonyl (C=O) groups excluding carboxylic acids is 1. The van der Waals surface area contributed by atoms with Crippen molar-refractivity contribution in [2.45, 2.75) is 6.61 Å². The highest BCUT2D eigenvalue weighted by molar-refractivity contribution is 7.30. The molecule has 1 amide bonds. The van der Waals surface area contributed by atoms with Crippen LogP contribution in [0.15, 0.2) is 30.3 Å². The third-order valence-electron chi connectivity index (χ3n) is 1.42. The summed E-state index contributed by atoms with van der Waals surface area (Å²) in [7, 11) is -1.59. The topological polar surface area (TPSA) is 95.9 Å². The first-order valence-electron chi connectivity index (χ1n) is 4.36. The normalized spacial score (nSPS) is 9.00. The van der Waals surface area contributed by atoms with Gasteiger partial charge in [-0.2, -0.15) is 0 Å². The van der Waals surface area contributed by atoms with E-state index in [1.807, 2.05) is 30.3 Å². The van der Waals surface area contributed by atoms with Gasteiger partial charge < -0.3 is 19.8 Å². The lowest BCUT2D eigenvalue weighted by molar-refractivity contribution is 0.142. The van der Waals surface area contributed by atoms with Crippen LogP contribution >= 0.6 is 8.25 Å². The molecule has 1 rings (SSSR count).